The molecule has 0 aromatic heterocycles. The van der Waals surface area contributed by atoms with Crippen molar-refractivity contribution in [2.24, 2.45) is 0 Å². The van der Waals surface area contributed by atoms with Gasteiger partial charge in [-0.1, -0.05) is 37.3 Å². The number of rotatable bonds is 6. The van der Waals surface area contributed by atoms with Crippen molar-refractivity contribution in [3.8, 4) is 0 Å². The quantitative estimate of drug-likeness (QED) is 0.785. The van der Waals surface area contributed by atoms with Crippen LogP contribution in [0.25, 0.3) is 5.57 Å². The molecular weight excluding hydrogens is 354 g/mol. The van der Waals surface area contributed by atoms with Crippen molar-refractivity contribution in [1.29, 1.82) is 0 Å². The van der Waals surface area contributed by atoms with E-state index >= 15 is 0 Å². The highest BCUT2D eigenvalue weighted by Gasteiger charge is 2.40. The van der Waals surface area contributed by atoms with E-state index in [-0.39, 0.29) is 17.7 Å². The molecule has 6 nitrogen and oxygen atoms in total. The number of likely N-dealkylation sites (N-methyl/N-ethyl adjacent to an activating group) is 1. The third kappa shape index (κ3) is 3.67. The van der Waals surface area contributed by atoms with E-state index in [1.807, 2.05) is 37.3 Å². The Morgan fingerprint density at radius 2 is 1.64 bits per heavy atom. The van der Waals surface area contributed by atoms with Gasteiger partial charge in [0.15, 0.2) is 0 Å². The SMILES string of the molecule is CCCN1C(=O)C(c2ccc(NC(C)=O)cc2)=C(N(C)c2ccccc2)C1=O. The second-order valence-corrected chi connectivity index (χ2v) is 6.64. The number of para-hydroxylation sites is 1. The standard InChI is InChI=1S/C22H23N3O3/c1-4-14-25-21(27)19(16-10-12-17(13-11-16)23-15(2)26)20(22(25)28)24(3)18-8-6-5-7-9-18/h5-13H,4,14H2,1-3H3,(H,23,26). The summed E-state index contributed by atoms with van der Waals surface area (Å²) in [7, 11) is 1.79. The lowest BCUT2D eigenvalue weighted by molar-refractivity contribution is -0.136. The molecule has 28 heavy (non-hydrogen) atoms. The van der Waals surface area contributed by atoms with E-state index in [1.165, 1.54) is 11.8 Å². The molecule has 0 saturated carbocycles. The maximum absolute atomic E-state index is 13.1. The Bertz CT molecular complexity index is 933. The van der Waals surface area contributed by atoms with Crippen LogP contribution in [0.1, 0.15) is 25.8 Å². The molecule has 6 heteroatoms. The van der Waals surface area contributed by atoms with Crippen LogP contribution in [0.2, 0.25) is 0 Å². The maximum atomic E-state index is 13.1. The average Bonchev–Trinajstić information content (AvgIpc) is 2.93. The van der Waals surface area contributed by atoms with E-state index < -0.39 is 0 Å². The fourth-order valence-electron chi connectivity index (χ4n) is 3.27. The van der Waals surface area contributed by atoms with Crippen molar-refractivity contribution in [2.45, 2.75) is 20.3 Å². The molecule has 0 atom stereocenters. The molecule has 0 aliphatic carbocycles. The van der Waals surface area contributed by atoms with Crippen LogP contribution in [0.4, 0.5) is 11.4 Å². The zero-order chi connectivity index (χ0) is 20.3. The first-order valence-electron chi connectivity index (χ1n) is 9.21. The third-order valence-corrected chi connectivity index (χ3v) is 4.56. The van der Waals surface area contributed by atoms with Crippen LogP contribution in [0.5, 0.6) is 0 Å². The van der Waals surface area contributed by atoms with Crippen LogP contribution in [0.15, 0.2) is 60.3 Å². The second kappa shape index (κ2) is 8.08. The fraction of sp³-hybridized carbons (Fsp3) is 0.227. The smallest absolute Gasteiger partial charge is 0.278 e. The Labute approximate surface area is 164 Å². The van der Waals surface area contributed by atoms with Crippen LogP contribution in [-0.4, -0.2) is 36.2 Å². The molecule has 0 fully saturated rings. The van der Waals surface area contributed by atoms with Gasteiger partial charge in [-0.2, -0.15) is 0 Å². The molecule has 144 valence electrons. The maximum Gasteiger partial charge on any atom is 0.278 e. The lowest BCUT2D eigenvalue weighted by Crippen LogP contribution is -2.34. The number of nitrogens with zero attached hydrogens (tertiary/aromatic N) is 2. The van der Waals surface area contributed by atoms with Crippen LogP contribution in [0, 0.1) is 0 Å². The zero-order valence-corrected chi connectivity index (χ0v) is 16.2. The Kier molecular flexibility index (Phi) is 5.59. The molecule has 0 radical (unpaired) electrons. The van der Waals surface area contributed by atoms with Crippen molar-refractivity contribution in [3.63, 3.8) is 0 Å². The highest BCUT2D eigenvalue weighted by molar-refractivity contribution is 6.36. The number of nitrogens with one attached hydrogen (secondary N) is 1. The van der Waals surface area contributed by atoms with Crippen LogP contribution < -0.4 is 10.2 Å². The number of hydrogen-bond acceptors (Lipinski definition) is 4. The minimum absolute atomic E-state index is 0.169. The van der Waals surface area contributed by atoms with Gasteiger partial charge in [-0.15, -0.1) is 0 Å². The van der Waals surface area contributed by atoms with Crippen molar-refractivity contribution < 1.29 is 14.4 Å². The molecule has 1 aliphatic heterocycles. The van der Waals surface area contributed by atoms with Gasteiger partial charge in [-0.05, 0) is 36.2 Å². The number of imide groups is 1. The molecule has 1 heterocycles. The molecule has 0 bridgehead atoms. The molecule has 1 N–H and O–H groups in total. The Balaban J connectivity index is 2.08. The van der Waals surface area contributed by atoms with E-state index in [9.17, 15) is 14.4 Å². The Morgan fingerprint density at radius 1 is 1.00 bits per heavy atom. The average molecular weight is 377 g/mol. The second-order valence-electron chi connectivity index (χ2n) is 6.64. The first-order valence-corrected chi connectivity index (χ1v) is 9.21. The summed E-state index contributed by atoms with van der Waals surface area (Å²) in [5.41, 5.74) is 2.83. The van der Waals surface area contributed by atoms with E-state index in [4.69, 9.17) is 0 Å². The predicted octanol–water partition coefficient (Wildman–Crippen LogP) is 3.27. The summed E-state index contributed by atoms with van der Waals surface area (Å²) in [5, 5.41) is 2.70. The predicted molar refractivity (Wildman–Crippen MR) is 110 cm³/mol. The normalized spacial score (nSPS) is 13.9. The summed E-state index contributed by atoms with van der Waals surface area (Å²) >= 11 is 0. The third-order valence-electron chi connectivity index (χ3n) is 4.56. The van der Waals surface area contributed by atoms with Crippen molar-refractivity contribution in [1.82, 2.24) is 4.90 Å². The molecule has 3 amide bonds. The minimum Gasteiger partial charge on any atom is -0.339 e. The number of amides is 3. The fourth-order valence-corrected chi connectivity index (χ4v) is 3.27. The monoisotopic (exact) mass is 377 g/mol. The van der Waals surface area contributed by atoms with E-state index in [1.54, 1.807) is 36.2 Å². The summed E-state index contributed by atoms with van der Waals surface area (Å²) in [5.74, 6) is -0.756. The molecule has 2 aromatic rings. The Morgan fingerprint density at radius 3 is 2.21 bits per heavy atom. The first kappa shape index (κ1) is 19.4. The summed E-state index contributed by atoms with van der Waals surface area (Å²) in [4.78, 5) is 40.4. The molecule has 0 saturated heterocycles. The first-order chi connectivity index (χ1) is 13.4. The van der Waals surface area contributed by atoms with Crippen molar-refractivity contribution in [3.05, 3.63) is 65.9 Å². The lowest BCUT2D eigenvalue weighted by atomic mass is 10.0. The molecule has 0 spiro atoms. The van der Waals surface area contributed by atoms with Gasteiger partial charge in [0.25, 0.3) is 11.8 Å². The van der Waals surface area contributed by atoms with Crippen LogP contribution in [0.3, 0.4) is 0 Å². The minimum atomic E-state index is -0.295. The van der Waals surface area contributed by atoms with Gasteiger partial charge >= 0.3 is 0 Å². The van der Waals surface area contributed by atoms with Crippen molar-refractivity contribution >= 4 is 34.7 Å². The van der Waals surface area contributed by atoms with Gasteiger partial charge in [0, 0.05) is 31.9 Å². The van der Waals surface area contributed by atoms with Crippen LogP contribution in [-0.2, 0) is 14.4 Å². The van der Waals surface area contributed by atoms with Gasteiger partial charge in [-0.25, -0.2) is 0 Å². The number of carbonyl (C=O) groups is 3. The summed E-state index contributed by atoms with van der Waals surface area (Å²) in [6.07, 6.45) is 0.689. The van der Waals surface area contributed by atoms with Gasteiger partial charge in [-0.3, -0.25) is 19.3 Å². The molecule has 1 aliphatic rings. The molecular formula is C22H23N3O3. The number of hydrogen-bond donors (Lipinski definition) is 1. The molecule has 3 rings (SSSR count). The number of carbonyl (C=O) groups excluding carboxylic acids is 3. The summed E-state index contributed by atoms with van der Waals surface area (Å²) < 4.78 is 0. The zero-order valence-electron chi connectivity index (χ0n) is 16.2. The van der Waals surface area contributed by atoms with E-state index in [0.29, 0.717) is 35.5 Å². The highest BCUT2D eigenvalue weighted by atomic mass is 16.2. The molecule has 2 aromatic carbocycles. The van der Waals surface area contributed by atoms with Gasteiger partial charge in [0.2, 0.25) is 5.91 Å². The number of benzene rings is 2. The largest absolute Gasteiger partial charge is 0.339 e. The summed E-state index contributed by atoms with van der Waals surface area (Å²) in [6.45, 7) is 3.74. The van der Waals surface area contributed by atoms with Gasteiger partial charge < -0.3 is 10.2 Å². The Hall–Kier alpha value is -3.41. The number of anilines is 2. The topological polar surface area (TPSA) is 69.7 Å². The molecule has 0 unspecified atom stereocenters. The lowest BCUT2D eigenvalue weighted by Gasteiger charge is -2.21. The van der Waals surface area contributed by atoms with Gasteiger partial charge in [0.05, 0.1) is 5.57 Å². The van der Waals surface area contributed by atoms with E-state index in [0.717, 1.165) is 5.69 Å². The van der Waals surface area contributed by atoms with Crippen molar-refractivity contribution in [2.75, 3.05) is 23.8 Å². The van der Waals surface area contributed by atoms with Crippen LogP contribution >= 0.6 is 0 Å². The summed E-state index contributed by atoms with van der Waals surface area (Å²) in [6, 6.07) is 16.4. The van der Waals surface area contributed by atoms with E-state index in [2.05, 4.69) is 5.32 Å². The van der Waals surface area contributed by atoms with Gasteiger partial charge in [0.1, 0.15) is 5.70 Å². The highest BCUT2D eigenvalue weighted by Crippen LogP contribution is 2.33.